The molecule has 0 spiro atoms. The van der Waals surface area contributed by atoms with Crippen molar-refractivity contribution in [2.24, 2.45) is 7.05 Å². The van der Waals surface area contributed by atoms with E-state index in [1.54, 1.807) is 21.5 Å². The number of rotatable bonds is 3. The zero-order valence-corrected chi connectivity index (χ0v) is 12.6. The number of hydrogen-bond donors (Lipinski definition) is 0. The predicted molar refractivity (Wildman–Crippen MR) is 88.5 cm³/mol. The maximum Gasteiger partial charge on any atom is 0.181 e. The van der Waals surface area contributed by atoms with Crippen LogP contribution in [0.2, 0.25) is 0 Å². The Kier molecular flexibility index (Phi) is 3.01. The Hall–Kier alpha value is -3.28. The van der Waals surface area contributed by atoms with Crippen molar-refractivity contribution >= 4 is 11.7 Å². The van der Waals surface area contributed by atoms with Crippen molar-refractivity contribution in [1.82, 2.24) is 29.4 Å². The van der Waals surface area contributed by atoms with Gasteiger partial charge in [-0.1, -0.05) is 36.9 Å². The maximum atomic E-state index is 4.65. The second kappa shape index (κ2) is 5.17. The fourth-order valence-corrected chi connectivity index (χ4v) is 2.55. The third-order valence-electron chi connectivity index (χ3n) is 3.63. The van der Waals surface area contributed by atoms with Crippen LogP contribution >= 0.6 is 0 Å². The molecular weight excluding hydrogens is 288 g/mol. The highest BCUT2D eigenvalue weighted by Crippen LogP contribution is 2.25. The zero-order valence-electron chi connectivity index (χ0n) is 12.6. The summed E-state index contributed by atoms with van der Waals surface area (Å²) < 4.78 is 3.48. The Bertz CT molecular complexity index is 997. The molecule has 0 aliphatic heterocycles. The molecule has 0 N–H and O–H groups in total. The lowest BCUT2D eigenvalue weighted by molar-refractivity contribution is 0.774. The molecule has 0 aliphatic rings. The molecule has 4 rings (SSSR count). The van der Waals surface area contributed by atoms with Gasteiger partial charge in [-0.3, -0.25) is 0 Å². The normalized spacial score (nSPS) is 11.0. The molecule has 0 radical (unpaired) electrons. The maximum absolute atomic E-state index is 4.65. The minimum absolute atomic E-state index is 0.670. The lowest BCUT2D eigenvalue weighted by Gasteiger charge is -1.97. The Morgan fingerprint density at radius 3 is 2.65 bits per heavy atom. The molecule has 0 amide bonds. The van der Waals surface area contributed by atoms with E-state index in [4.69, 9.17) is 0 Å². The molecule has 23 heavy (non-hydrogen) atoms. The van der Waals surface area contributed by atoms with Gasteiger partial charge >= 0.3 is 0 Å². The number of aromatic nitrogens is 6. The Morgan fingerprint density at radius 2 is 1.87 bits per heavy atom. The van der Waals surface area contributed by atoms with E-state index in [-0.39, 0.29) is 0 Å². The number of hydrogen-bond acceptors (Lipinski definition) is 4. The number of aryl methyl sites for hydroxylation is 1. The van der Waals surface area contributed by atoms with Crippen LogP contribution in [0.5, 0.6) is 0 Å². The summed E-state index contributed by atoms with van der Waals surface area (Å²) in [5, 5.41) is 8.82. The fourth-order valence-electron chi connectivity index (χ4n) is 2.55. The van der Waals surface area contributed by atoms with Crippen molar-refractivity contribution in [1.29, 1.82) is 0 Å². The smallest absolute Gasteiger partial charge is 0.181 e. The second-order valence-corrected chi connectivity index (χ2v) is 5.09. The van der Waals surface area contributed by atoms with E-state index in [9.17, 15) is 0 Å². The monoisotopic (exact) mass is 302 g/mol. The summed E-state index contributed by atoms with van der Waals surface area (Å²) >= 11 is 0. The van der Waals surface area contributed by atoms with Gasteiger partial charge in [-0.25, -0.2) is 19.2 Å². The van der Waals surface area contributed by atoms with Crippen LogP contribution in [0, 0.1) is 0 Å². The number of nitrogens with zero attached hydrogens (tertiary/aromatic N) is 6. The van der Waals surface area contributed by atoms with Gasteiger partial charge in [0.25, 0.3) is 0 Å². The molecule has 0 saturated heterocycles. The van der Waals surface area contributed by atoms with E-state index in [2.05, 4.69) is 26.7 Å². The quantitative estimate of drug-likeness (QED) is 0.584. The van der Waals surface area contributed by atoms with Crippen molar-refractivity contribution in [3.05, 3.63) is 60.9 Å². The van der Waals surface area contributed by atoms with Gasteiger partial charge in [-0.05, 0) is 18.2 Å². The summed E-state index contributed by atoms with van der Waals surface area (Å²) in [5.41, 5.74) is 3.24. The van der Waals surface area contributed by atoms with Crippen LogP contribution in [0.1, 0.15) is 5.69 Å². The average Bonchev–Trinajstić information content (AvgIpc) is 3.15. The van der Waals surface area contributed by atoms with Crippen molar-refractivity contribution < 1.29 is 0 Å². The van der Waals surface area contributed by atoms with Gasteiger partial charge in [0.05, 0.1) is 5.69 Å². The molecule has 0 aliphatic carbocycles. The van der Waals surface area contributed by atoms with Crippen molar-refractivity contribution in [2.45, 2.75) is 0 Å². The average molecular weight is 302 g/mol. The Morgan fingerprint density at radius 1 is 1.04 bits per heavy atom. The second-order valence-electron chi connectivity index (χ2n) is 5.09. The molecular formula is C17H14N6. The van der Waals surface area contributed by atoms with Gasteiger partial charge in [-0.2, -0.15) is 10.2 Å². The molecule has 3 aromatic heterocycles. The lowest BCUT2D eigenvalue weighted by Crippen LogP contribution is -1.97. The van der Waals surface area contributed by atoms with Gasteiger partial charge in [0.15, 0.2) is 17.3 Å². The third kappa shape index (κ3) is 2.12. The Labute approximate surface area is 132 Å². The minimum Gasteiger partial charge on any atom is -0.247 e. The number of fused-ring (bicyclic) bond motifs is 1. The van der Waals surface area contributed by atoms with Gasteiger partial charge in [0, 0.05) is 18.8 Å². The van der Waals surface area contributed by atoms with E-state index in [1.165, 1.54) is 0 Å². The highest BCUT2D eigenvalue weighted by Gasteiger charge is 2.18. The molecule has 0 fully saturated rings. The van der Waals surface area contributed by atoms with Crippen LogP contribution in [0.25, 0.3) is 34.6 Å². The first-order chi connectivity index (χ1) is 11.3. The van der Waals surface area contributed by atoms with Crippen molar-refractivity contribution in [3.8, 4) is 22.9 Å². The molecule has 0 bridgehead atoms. The molecule has 0 atom stereocenters. The summed E-state index contributed by atoms with van der Waals surface area (Å²) in [6, 6.07) is 13.6. The van der Waals surface area contributed by atoms with Crippen LogP contribution in [0.3, 0.4) is 0 Å². The lowest BCUT2D eigenvalue weighted by atomic mass is 10.2. The third-order valence-corrected chi connectivity index (χ3v) is 3.63. The van der Waals surface area contributed by atoms with Crippen molar-refractivity contribution in [3.63, 3.8) is 0 Å². The standard InChI is InChI=1S/C17H14N6/c1-3-13-15(19-14-10-7-11-18-23(13)14)17-20-16(21-22(17)2)12-8-5-4-6-9-12/h3-11H,1H2,2H3. The van der Waals surface area contributed by atoms with E-state index in [0.717, 1.165) is 22.6 Å². The molecule has 6 heteroatoms. The first-order valence-electron chi connectivity index (χ1n) is 7.21. The van der Waals surface area contributed by atoms with Gasteiger partial charge < -0.3 is 0 Å². The molecule has 0 saturated carbocycles. The van der Waals surface area contributed by atoms with Crippen LogP contribution in [-0.4, -0.2) is 29.4 Å². The van der Waals surface area contributed by atoms with Crippen LogP contribution in [-0.2, 0) is 7.05 Å². The topological polar surface area (TPSA) is 60.9 Å². The van der Waals surface area contributed by atoms with Crippen LogP contribution < -0.4 is 0 Å². The molecule has 112 valence electrons. The highest BCUT2D eigenvalue weighted by atomic mass is 15.3. The Balaban J connectivity index is 1.92. The van der Waals surface area contributed by atoms with E-state index >= 15 is 0 Å². The van der Waals surface area contributed by atoms with Gasteiger partial charge in [0.1, 0.15) is 5.69 Å². The van der Waals surface area contributed by atoms with E-state index in [1.807, 2.05) is 49.5 Å². The van der Waals surface area contributed by atoms with Crippen molar-refractivity contribution in [2.75, 3.05) is 0 Å². The van der Waals surface area contributed by atoms with Crippen LogP contribution in [0.15, 0.2) is 55.2 Å². The highest BCUT2D eigenvalue weighted by molar-refractivity contribution is 5.70. The summed E-state index contributed by atoms with van der Waals surface area (Å²) in [5.74, 6) is 1.35. The predicted octanol–water partition coefficient (Wildman–Crippen LogP) is 2.83. The fraction of sp³-hybridized carbons (Fsp3) is 0.0588. The first kappa shape index (κ1) is 13.4. The molecule has 1 aromatic carbocycles. The van der Waals surface area contributed by atoms with E-state index < -0.39 is 0 Å². The first-order valence-corrected chi connectivity index (χ1v) is 7.21. The molecule has 0 unspecified atom stereocenters. The summed E-state index contributed by atoms with van der Waals surface area (Å²) in [4.78, 5) is 9.28. The van der Waals surface area contributed by atoms with E-state index in [0.29, 0.717) is 11.6 Å². The summed E-state index contributed by atoms with van der Waals surface area (Å²) in [7, 11) is 1.86. The SMILES string of the molecule is C=Cc1c(-c2nc(-c3ccccc3)nn2C)nc2cccnn12. The van der Waals surface area contributed by atoms with Crippen LogP contribution in [0.4, 0.5) is 0 Å². The minimum atomic E-state index is 0.670. The molecule has 6 nitrogen and oxygen atoms in total. The van der Waals surface area contributed by atoms with Gasteiger partial charge in [0.2, 0.25) is 0 Å². The summed E-state index contributed by atoms with van der Waals surface area (Å²) in [6.07, 6.45) is 3.46. The molecule has 3 heterocycles. The largest absolute Gasteiger partial charge is 0.247 e. The molecule has 4 aromatic rings. The summed E-state index contributed by atoms with van der Waals surface area (Å²) in [6.45, 7) is 3.88. The van der Waals surface area contributed by atoms with Gasteiger partial charge in [-0.15, -0.1) is 0 Å². The zero-order chi connectivity index (χ0) is 15.8. The number of benzene rings is 1. The number of imidazole rings is 1.